The maximum atomic E-state index is 5.92. The molecule has 5 nitrogen and oxygen atoms in total. The molecule has 0 fully saturated rings. The summed E-state index contributed by atoms with van der Waals surface area (Å²) in [5.74, 6) is 1.51. The van der Waals surface area contributed by atoms with Crippen molar-refractivity contribution in [3.05, 3.63) is 102 Å². The molecule has 0 aliphatic carbocycles. The Bertz CT molecular complexity index is 1160. The van der Waals surface area contributed by atoms with Gasteiger partial charge in [0.2, 0.25) is 5.95 Å². The van der Waals surface area contributed by atoms with Crippen molar-refractivity contribution in [3.63, 3.8) is 0 Å². The lowest BCUT2D eigenvalue weighted by Gasteiger charge is -2.35. The van der Waals surface area contributed by atoms with Gasteiger partial charge in [-0.15, -0.1) is 0 Å². The average Bonchev–Trinajstić information content (AvgIpc) is 2.83. The lowest BCUT2D eigenvalue weighted by atomic mass is 9.68. The normalized spacial score (nSPS) is 13.0. The van der Waals surface area contributed by atoms with Crippen LogP contribution in [0.4, 0.5) is 5.95 Å². The molecule has 1 unspecified atom stereocenters. The van der Waals surface area contributed by atoms with Crippen LogP contribution in [-0.2, 0) is 12.0 Å². The van der Waals surface area contributed by atoms with Crippen LogP contribution in [0.3, 0.4) is 0 Å². The zero-order chi connectivity index (χ0) is 22.6. The average molecular weight is 425 g/mol. The number of nitrogens with two attached hydrogens (primary N) is 1. The Balaban J connectivity index is 1.56. The van der Waals surface area contributed by atoms with E-state index in [1.54, 1.807) is 12.4 Å². The predicted octanol–water partition coefficient (Wildman–Crippen LogP) is 5.66. The number of rotatable bonds is 7. The van der Waals surface area contributed by atoms with Crippen LogP contribution in [0.15, 0.2) is 85.2 Å². The van der Waals surface area contributed by atoms with E-state index < -0.39 is 0 Å². The topological polar surface area (TPSA) is 73.9 Å². The van der Waals surface area contributed by atoms with E-state index in [0.717, 1.165) is 22.7 Å². The van der Waals surface area contributed by atoms with Crippen molar-refractivity contribution < 1.29 is 4.74 Å². The van der Waals surface area contributed by atoms with E-state index >= 15 is 0 Å². The largest absolute Gasteiger partial charge is 0.487 e. The van der Waals surface area contributed by atoms with Crippen molar-refractivity contribution in [1.82, 2.24) is 15.0 Å². The molecule has 0 saturated heterocycles. The minimum atomic E-state index is -0.150. The number of pyridine rings is 1. The first-order valence-electron chi connectivity index (χ1n) is 10.8. The summed E-state index contributed by atoms with van der Waals surface area (Å²) in [6, 6.07) is 24.7. The van der Waals surface area contributed by atoms with Gasteiger partial charge in [-0.05, 0) is 47.4 Å². The van der Waals surface area contributed by atoms with E-state index in [0.29, 0.717) is 12.5 Å². The van der Waals surface area contributed by atoms with Gasteiger partial charge in [0, 0.05) is 23.4 Å². The second kappa shape index (κ2) is 9.18. The van der Waals surface area contributed by atoms with Gasteiger partial charge in [0.05, 0.1) is 11.4 Å². The van der Waals surface area contributed by atoms with Gasteiger partial charge in [-0.3, -0.25) is 4.98 Å². The monoisotopic (exact) mass is 424 g/mol. The van der Waals surface area contributed by atoms with Crippen LogP contribution in [-0.4, -0.2) is 15.0 Å². The summed E-state index contributed by atoms with van der Waals surface area (Å²) in [6.45, 7) is 7.25. The molecule has 162 valence electrons. The highest BCUT2D eigenvalue weighted by atomic mass is 16.5. The van der Waals surface area contributed by atoms with Crippen molar-refractivity contribution in [3.8, 4) is 17.0 Å². The van der Waals surface area contributed by atoms with Crippen LogP contribution in [0, 0.1) is 5.92 Å². The molecule has 0 aliphatic rings. The summed E-state index contributed by atoms with van der Waals surface area (Å²) in [4.78, 5) is 12.6. The van der Waals surface area contributed by atoms with E-state index in [4.69, 9.17) is 10.5 Å². The van der Waals surface area contributed by atoms with Crippen LogP contribution in [0.2, 0.25) is 0 Å². The first kappa shape index (κ1) is 21.5. The Labute approximate surface area is 189 Å². The van der Waals surface area contributed by atoms with E-state index in [-0.39, 0.29) is 11.4 Å². The van der Waals surface area contributed by atoms with Gasteiger partial charge in [0.25, 0.3) is 0 Å². The minimum Gasteiger partial charge on any atom is -0.487 e. The summed E-state index contributed by atoms with van der Waals surface area (Å²) in [5.41, 5.74) is 10.8. The Hall–Kier alpha value is -3.73. The molecule has 0 bridgehead atoms. The van der Waals surface area contributed by atoms with Crippen LogP contribution in [0.1, 0.15) is 37.6 Å². The fraction of sp³-hybridized carbons (Fsp3) is 0.222. The molecule has 2 heterocycles. The number of hydrogen-bond acceptors (Lipinski definition) is 5. The lowest BCUT2D eigenvalue weighted by molar-refractivity contribution is 0.301. The standard InChI is InChI=1S/C27H28N4O/c1-19(2)27(3,21-9-7-20(8-10-21)25-15-17-30-26(28)31-25)22-11-13-24(14-12-22)32-18-23-6-4-5-16-29-23/h4-17,19H,18H2,1-3H3,(H2,28,30,31). The maximum absolute atomic E-state index is 5.92. The summed E-state index contributed by atoms with van der Waals surface area (Å²) in [7, 11) is 0. The number of benzene rings is 2. The van der Waals surface area contributed by atoms with Gasteiger partial charge >= 0.3 is 0 Å². The van der Waals surface area contributed by atoms with Gasteiger partial charge in [0.1, 0.15) is 12.4 Å². The number of aromatic nitrogens is 3. The zero-order valence-corrected chi connectivity index (χ0v) is 18.7. The molecule has 4 aromatic rings. The molecule has 5 heteroatoms. The van der Waals surface area contributed by atoms with Crippen molar-refractivity contribution >= 4 is 5.95 Å². The molecule has 0 radical (unpaired) electrons. The second-order valence-corrected chi connectivity index (χ2v) is 8.37. The molecule has 0 amide bonds. The first-order valence-corrected chi connectivity index (χ1v) is 10.8. The third-order valence-electron chi connectivity index (χ3n) is 6.18. The Kier molecular flexibility index (Phi) is 6.17. The molecule has 0 saturated carbocycles. The van der Waals surface area contributed by atoms with Gasteiger partial charge in [-0.2, -0.15) is 0 Å². The van der Waals surface area contributed by atoms with Gasteiger partial charge in [-0.25, -0.2) is 9.97 Å². The van der Waals surface area contributed by atoms with E-state index in [1.807, 2.05) is 36.4 Å². The summed E-state index contributed by atoms with van der Waals surface area (Å²) >= 11 is 0. The second-order valence-electron chi connectivity index (χ2n) is 8.37. The molecule has 32 heavy (non-hydrogen) atoms. The molecule has 1 atom stereocenters. The fourth-order valence-electron chi connectivity index (χ4n) is 3.89. The Morgan fingerprint density at radius 2 is 1.53 bits per heavy atom. The molecule has 0 aliphatic heterocycles. The van der Waals surface area contributed by atoms with Gasteiger partial charge < -0.3 is 10.5 Å². The molecule has 2 aromatic heterocycles. The highest BCUT2D eigenvalue weighted by molar-refractivity contribution is 5.61. The highest BCUT2D eigenvalue weighted by Crippen LogP contribution is 2.40. The number of nitrogens with zero attached hydrogens (tertiary/aromatic N) is 3. The third kappa shape index (κ3) is 4.47. The third-order valence-corrected chi connectivity index (χ3v) is 6.18. The van der Waals surface area contributed by atoms with Crippen molar-refractivity contribution in [2.45, 2.75) is 32.8 Å². The van der Waals surface area contributed by atoms with Crippen molar-refractivity contribution in [2.24, 2.45) is 5.92 Å². The quantitative estimate of drug-likeness (QED) is 0.414. The fourth-order valence-corrected chi connectivity index (χ4v) is 3.89. The van der Waals surface area contributed by atoms with Gasteiger partial charge in [-0.1, -0.05) is 63.2 Å². The SMILES string of the molecule is CC(C)C(C)(c1ccc(OCc2ccccn2)cc1)c1ccc(-c2ccnc(N)n2)cc1. The first-order chi connectivity index (χ1) is 15.5. The highest BCUT2D eigenvalue weighted by Gasteiger charge is 2.32. The summed E-state index contributed by atoms with van der Waals surface area (Å²) in [6.07, 6.45) is 3.46. The molecule has 2 aromatic carbocycles. The smallest absolute Gasteiger partial charge is 0.220 e. The van der Waals surface area contributed by atoms with Gasteiger partial charge in [0.15, 0.2) is 0 Å². The molecule has 0 spiro atoms. The van der Waals surface area contributed by atoms with E-state index in [2.05, 4.69) is 72.1 Å². The summed E-state index contributed by atoms with van der Waals surface area (Å²) < 4.78 is 5.92. The Morgan fingerprint density at radius 3 is 2.12 bits per heavy atom. The molecule has 2 N–H and O–H groups in total. The number of hydrogen-bond donors (Lipinski definition) is 1. The molecular weight excluding hydrogens is 396 g/mol. The Morgan fingerprint density at radius 1 is 0.844 bits per heavy atom. The van der Waals surface area contributed by atoms with Crippen LogP contribution < -0.4 is 10.5 Å². The van der Waals surface area contributed by atoms with Crippen LogP contribution >= 0.6 is 0 Å². The van der Waals surface area contributed by atoms with E-state index in [9.17, 15) is 0 Å². The lowest BCUT2D eigenvalue weighted by Crippen LogP contribution is -2.30. The molecular formula is C27H28N4O. The number of nitrogen functional groups attached to an aromatic ring is 1. The minimum absolute atomic E-state index is 0.150. The number of ether oxygens (including phenoxy) is 1. The zero-order valence-electron chi connectivity index (χ0n) is 18.7. The van der Waals surface area contributed by atoms with E-state index in [1.165, 1.54) is 11.1 Å². The molecule has 4 rings (SSSR count). The van der Waals surface area contributed by atoms with Crippen LogP contribution in [0.25, 0.3) is 11.3 Å². The van der Waals surface area contributed by atoms with Crippen LogP contribution in [0.5, 0.6) is 5.75 Å². The predicted molar refractivity (Wildman–Crippen MR) is 128 cm³/mol. The maximum Gasteiger partial charge on any atom is 0.220 e. The van der Waals surface area contributed by atoms with Crippen molar-refractivity contribution in [1.29, 1.82) is 0 Å². The van der Waals surface area contributed by atoms with Crippen molar-refractivity contribution in [2.75, 3.05) is 5.73 Å². The summed E-state index contributed by atoms with van der Waals surface area (Å²) in [5, 5.41) is 0. The number of anilines is 1.